The van der Waals surface area contributed by atoms with Crippen LogP contribution in [0.15, 0.2) is 41.7 Å². The summed E-state index contributed by atoms with van der Waals surface area (Å²) in [4.78, 5) is 37.7. The van der Waals surface area contributed by atoms with Crippen molar-refractivity contribution in [2.24, 2.45) is 11.2 Å². The van der Waals surface area contributed by atoms with E-state index < -0.39 is 5.97 Å². The molecule has 2 unspecified atom stereocenters. The highest BCUT2D eigenvalue weighted by molar-refractivity contribution is 6.15. The highest BCUT2D eigenvalue weighted by Gasteiger charge is 2.33. The number of ketones is 1. The highest BCUT2D eigenvalue weighted by Crippen LogP contribution is 2.45. The molecule has 3 rings (SSSR count). The SMILES string of the molecule is CC1CCCC(c2cc(C(=O)O)c(C(C)C)c(C(=O)c3ccccc3)c2N(C)N=O)C1. The number of nitrogens with zero attached hydrogens (tertiary/aromatic N) is 2. The Morgan fingerprint density at radius 1 is 1.16 bits per heavy atom. The van der Waals surface area contributed by atoms with E-state index in [1.165, 1.54) is 12.1 Å². The number of nitroso groups, excluding NO2 is 1. The van der Waals surface area contributed by atoms with Crippen molar-refractivity contribution in [2.75, 3.05) is 12.1 Å². The lowest BCUT2D eigenvalue weighted by Crippen LogP contribution is -2.23. The Labute approximate surface area is 183 Å². The van der Waals surface area contributed by atoms with E-state index in [0.717, 1.165) is 31.2 Å². The van der Waals surface area contributed by atoms with E-state index in [1.807, 2.05) is 19.9 Å². The third kappa shape index (κ3) is 4.53. The van der Waals surface area contributed by atoms with Gasteiger partial charge < -0.3 is 5.11 Å². The standard InChI is InChI=1S/C25H30N2O4/c1-15(2)21-20(25(29)30)14-19(18-12-8-9-16(3)13-18)23(27(4)26-31)22(21)24(28)17-10-6-5-7-11-17/h5-7,10-11,14-16,18H,8-9,12-13H2,1-4H3,(H,29,30). The lowest BCUT2D eigenvalue weighted by Gasteiger charge is -2.32. The van der Waals surface area contributed by atoms with Crippen molar-refractivity contribution in [3.05, 3.63) is 69.1 Å². The number of carboxylic acid groups (broad SMARTS) is 1. The van der Waals surface area contributed by atoms with Gasteiger partial charge in [-0.15, -0.1) is 4.91 Å². The minimum Gasteiger partial charge on any atom is -0.478 e. The molecule has 0 aliphatic heterocycles. The Morgan fingerprint density at radius 2 is 1.84 bits per heavy atom. The van der Waals surface area contributed by atoms with Gasteiger partial charge in [0.05, 0.1) is 22.1 Å². The molecule has 0 radical (unpaired) electrons. The zero-order chi connectivity index (χ0) is 22.7. The first-order valence-corrected chi connectivity index (χ1v) is 10.9. The molecule has 6 nitrogen and oxygen atoms in total. The van der Waals surface area contributed by atoms with Crippen molar-refractivity contribution in [1.82, 2.24) is 0 Å². The van der Waals surface area contributed by atoms with Gasteiger partial charge in [-0.05, 0) is 47.8 Å². The molecule has 0 amide bonds. The van der Waals surface area contributed by atoms with E-state index in [1.54, 1.807) is 30.3 Å². The quantitative estimate of drug-likeness (QED) is 0.328. The Morgan fingerprint density at radius 3 is 2.39 bits per heavy atom. The van der Waals surface area contributed by atoms with E-state index >= 15 is 0 Å². The highest BCUT2D eigenvalue weighted by atomic mass is 16.4. The van der Waals surface area contributed by atoms with Gasteiger partial charge in [0.25, 0.3) is 0 Å². The molecule has 0 heterocycles. The topological polar surface area (TPSA) is 87.0 Å². The smallest absolute Gasteiger partial charge is 0.336 e. The summed E-state index contributed by atoms with van der Waals surface area (Å²) in [7, 11) is 1.53. The number of carbonyl (C=O) groups is 2. The van der Waals surface area contributed by atoms with Crippen molar-refractivity contribution in [2.45, 2.75) is 58.3 Å². The van der Waals surface area contributed by atoms with Crippen LogP contribution in [0.4, 0.5) is 5.69 Å². The summed E-state index contributed by atoms with van der Waals surface area (Å²) < 4.78 is 0. The number of aromatic carboxylic acids is 1. The molecule has 1 saturated carbocycles. The largest absolute Gasteiger partial charge is 0.478 e. The molecule has 2 aromatic carbocycles. The molecular formula is C25H30N2O4. The fourth-order valence-corrected chi connectivity index (χ4v) is 4.87. The van der Waals surface area contributed by atoms with Gasteiger partial charge in [0.1, 0.15) is 0 Å². The van der Waals surface area contributed by atoms with Gasteiger partial charge in [0, 0.05) is 12.6 Å². The molecule has 2 aromatic rings. The van der Waals surface area contributed by atoms with E-state index in [9.17, 15) is 19.6 Å². The summed E-state index contributed by atoms with van der Waals surface area (Å²) in [6.45, 7) is 5.91. The zero-order valence-corrected chi connectivity index (χ0v) is 18.6. The third-order valence-corrected chi connectivity index (χ3v) is 6.26. The molecule has 164 valence electrons. The van der Waals surface area contributed by atoms with Crippen LogP contribution >= 0.6 is 0 Å². The minimum atomic E-state index is -1.07. The minimum absolute atomic E-state index is 0.0737. The Balaban J connectivity index is 2.39. The van der Waals surface area contributed by atoms with Gasteiger partial charge in [0.2, 0.25) is 0 Å². The Bertz CT molecular complexity index is 985. The van der Waals surface area contributed by atoms with Crippen molar-refractivity contribution >= 4 is 17.4 Å². The van der Waals surface area contributed by atoms with E-state index in [2.05, 4.69) is 12.2 Å². The lowest BCUT2D eigenvalue weighted by molar-refractivity contribution is 0.0695. The third-order valence-electron chi connectivity index (χ3n) is 6.26. The fourth-order valence-electron chi connectivity index (χ4n) is 4.87. The van der Waals surface area contributed by atoms with Crippen LogP contribution in [0, 0.1) is 10.8 Å². The number of hydrogen-bond acceptors (Lipinski definition) is 4. The van der Waals surface area contributed by atoms with Crippen LogP contribution in [0.3, 0.4) is 0 Å². The average Bonchev–Trinajstić information content (AvgIpc) is 2.76. The number of anilines is 1. The summed E-state index contributed by atoms with van der Waals surface area (Å²) in [6, 6.07) is 10.5. The second-order valence-corrected chi connectivity index (χ2v) is 8.88. The van der Waals surface area contributed by atoms with Crippen LogP contribution in [0.2, 0.25) is 0 Å². The predicted molar refractivity (Wildman–Crippen MR) is 122 cm³/mol. The second-order valence-electron chi connectivity index (χ2n) is 8.88. The number of rotatable bonds is 7. The number of carboxylic acids is 1. The van der Waals surface area contributed by atoms with Gasteiger partial charge in [-0.1, -0.05) is 63.9 Å². The molecule has 31 heavy (non-hydrogen) atoms. The summed E-state index contributed by atoms with van der Waals surface area (Å²) >= 11 is 0. The monoisotopic (exact) mass is 422 g/mol. The lowest BCUT2D eigenvalue weighted by atomic mass is 9.75. The van der Waals surface area contributed by atoms with Crippen molar-refractivity contribution in [3.8, 4) is 0 Å². The van der Waals surface area contributed by atoms with E-state index in [-0.39, 0.29) is 28.7 Å². The molecule has 0 bridgehead atoms. The molecule has 1 N–H and O–H groups in total. The van der Waals surface area contributed by atoms with Crippen LogP contribution in [0.5, 0.6) is 0 Å². The first-order chi connectivity index (χ1) is 14.8. The summed E-state index contributed by atoms with van der Waals surface area (Å²) in [5.74, 6) is -1.02. The van der Waals surface area contributed by atoms with Crippen LogP contribution in [0.1, 0.15) is 95.7 Å². The average molecular weight is 423 g/mol. The summed E-state index contributed by atoms with van der Waals surface area (Å²) in [6.07, 6.45) is 3.93. The molecule has 6 heteroatoms. The number of benzene rings is 2. The maximum absolute atomic E-state index is 13.7. The van der Waals surface area contributed by atoms with Crippen molar-refractivity contribution in [3.63, 3.8) is 0 Å². The fraction of sp³-hybridized carbons (Fsp3) is 0.440. The molecule has 2 atom stereocenters. The van der Waals surface area contributed by atoms with Crippen LogP contribution in [0.25, 0.3) is 0 Å². The molecule has 0 spiro atoms. The number of carbonyl (C=O) groups excluding carboxylic acids is 1. The molecule has 0 saturated heterocycles. The van der Waals surface area contributed by atoms with Crippen molar-refractivity contribution in [1.29, 1.82) is 0 Å². The first kappa shape index (κ1) is 22.7. The number of hydrogen-bond donors (Lipinski definition) is 1. The predicted octanol–water partition coefficient (Wildman–Crippen LogP) is 6.15. The van der Waals surface area contributed by atoms with Crippen LogP contribution in [-0.2, 0) is 0 Å². The van der Waals surface area contributed by atoms with E-state index in [4.69, 9.17) is 0 Å². The van der Waals surface area contributed by atoms with E-state index in [0.29, 0.717) is 22.7 Å². The molecule has 0 aromatic heterocycles. The van der Waals surface area contributed by atoms with Gasteiger partial charge in [-0.3, -0.25) is 4.79 Å². The maximum atomic E-state index is 13.7. The molecular weight excluding hydrogens is 392 g/mol. The van der Waals surface area contributed by atoms with Gasteiger partial charge >= 0.3 is 5.97 Å². The van der Waals surface area contributed by atoms with Crippen molar-refractivity contribution < 1.29 is 14.7 Å². The van der Waals surface area contributed by atoms with Gasteiger partial charge in [-0.2, -0.15) is 0 Å². The maximum Gasteiger partial charge on any atom is 0.336 e. The van der Waals surface area contributed by atoms with Gasteiger partial charge in [0.15, 0.2) is 5.78 Å². The van der Waals surface area contributed by atoms with Gasteiger partial charge in [-0.25, -0.2) is 9.80 Å². The molecule has 1 fully saturated rings. The zero-order valence-electron chi connectivity index (χ0n) is 18.6. The Hall–Kier alpha value is -3.02. The Kier molecular flexibility index (Phi) is 6.88. The van der Waals surface area contributed by atoms with Crippen LogP contribution in [-0.4, -0.2) is 23.9 Å². The first-order valence-electron chi connectivity index (χ1n) is 10.9. The summed E-state index contributed by atoms with van der Waals surface area (Å²) in [5.41, 5.74) is 2.48. The summed E-state index contributed by atoms with van der Waals surface area (Å²) in [5, 5.41) is 14.4. The molecule has 1 aliphatic rings. The second kappa shape index (κ2) is 9.41. The van der Waals surface area contributed by atoms with Crippen LogP contribution < -0.4 is 5.01 Å². The molecule has 1 aliphatic carbocycles. The normalized spacial score (nSPS) is 18.6.